The SMILES string of the molecule is C[C@@H]1CN(C(=O)c2ccc3[nH]c(=O)c(=O)[nH]c3c2)CCCO1. The lowest BCUT2D eigenvalue weighted by Crippen LogP contribution is -2.36. The highest BCUT2D eigenvalue weighted by Gasteiger charge is 2.21. The Morgan fingerprint density at radius 2 is 1.95 bits per heavy atom. The Bertz CT molecular complexity index is 823. The fourth-order valence-corrected chi connectivity index (χ4v) is 2.61. The van der Waals surface area contributed by atoms with Gasteiger partial charge in [0.15, 0.2) is 0 Å². The number of carbonyl (C=O) groups excluding carboxylic acids is 1. The molecule has 0 saturated carbocycles. The van der Waals surface area contributed by atoms with Crippen LogP contribution >= 0.6 is 0 Å². The molecule has 1 amide bonds. The number of amides is 1. The summed E-state index contributed by atoms with van der Waals surface area (Å²) in [5.74, 6) is -0.105. The predicted molar refractivity (Wildman–Crippen MR) is 81.1 cm³/mol. The van der Waals surface area contributed by atoms with Gasteiger partial charge in [0.2, 0.25) is 0 Å². The molecule has 22 heavy (non-hydrogen) atoms. The fourth-order valence-electron chi connectivity index (χ4n) is 2.61. The Labute approximate surface area is 125 Å². The van der Waals surface area contributed by atoms with Gasteiger partial charge in [-0.25, -0.2) is 0 Å². The van der Waals surface area contributed by atoms with E-state index in [0.29, 0.717) is 36.3 Å². The van der Waals surface area contributed by atoms with Gasteiger partial charge in [-0.2, -0.15) is 0 Å². The van der Waals surface area contributed by atoms with Gasteiger partial charge in [-0.15, -0.1) is 0 Å². The van der Waals surface area contributed by atoms with Crippen molar-refractivity contribution in [2.24, 2.45) is 0 Å². The van der Waals surface area contributed by atoms with E-state index in [1.165, 1.54) is 0 Å². The summed E-state index contributed by atoms with van der Waals surface area (Å²) in [6.07, 6.45) is 0.802. The second-order valence-electron chi connectivity index (χ2n) is 5.45. The molecule has 1 aliphatic rings. The van der Waals surface area contributed by atoms with Crippen LogP contribution in [0.3, 0.4) is 0 Å². The number of nitrogens with one attached hydrogen (secondary N) is 2. The summed E-state index contributed by atoms with van der Waals surface area (Å²) in [6, 6.07) is 4.86. The molecule has 0 radical (unpaired) electrons. The molecule has 2 heterocycles. The first-order chi connectivity index (χ1) is 10.5. The molecule has 0 unspecified atom stereocenters. The molecule has 1 aliphatic heterocycles. The van der Waals surface area contributed by atoms with Crippen LogP contribution in [0.5, 0.6) is 0 Å². The van der Waals surface area contributed by atoms with Crippen molar-refractivity contribution in [3.8, 4) is 0 Å². The van der Waals surface area contributed by atoms with E-state index in [4.69, 9.17) is 4.74 Å². The Hall–Kier alpha value is -2.41. The first-order valence-corrected chi connectivity index (χ1v) is 7.22. The predicted octanol–water partition coefficient (Wildman–Crippen LogP) is 0.467. The minimum atomic E-state index is -0.728. The van der Waals surface area contributed by atoms with Crippen molar-refractivity contribution in [3.63, 3.8) is 0 Å². The highest BCUT2D eigenvalue weighted by molar-refractivity contribution is 5.97. The molecular formula is C15H17N3O4. The Kier molecular flexibility index (Phi) is 3.81. The average Bonchev–Trinajstić information content (AvgIpc) is 2.72. The number of aromatic amines is 2. The molecule has 0 bridgehead atoms. The normalized spacial score (nSPS) is 19.1. The first kappa shape index (κ1) is 14.5. The zero-order valence-electron chi connectivity index (χ0n) is 12.2. The maximum atomic E-state index is 12.6. The summed E-state index contributed by atoms with van der Waals surface area (Å²) >= 11 is 0. The molecule has 3 rings (SSSR count). The molecule has 2 aromatic rings. The second-order valence-corrected chi connectivity index (χ2v) is 5.45. The third-order valence-corrected chi connectivity index (χ3v) is 3.71. The van der Waals surface area contributed by atoms with E-state index in [9.17, 15) is 14.4 Å². The Balaban J connectivity index is 1.95. The molecule has 1 fully saturated rings. The molecule has 1 saturated heterocycles. The summed E-state index contributed by atoms with van der Waals surface area (Å²) < 4.78 is 5.54. The van der Waals surface area contributed by atoms with Crippen molar-refractivity contribution in [1.29, 1.82) is 0 Å². The highest BCUT2D eigenvalue weighted by atomic mass is 16.5. The molecule has 7 nitrogen and oxygen atoms in total. The van der Waals surface area contributed by atoms with Gasteiger partial charge in [0.1, 0.15) is 0 Å². The first-order valence-electron chi connectivity index (χ1n) is 7.22. The van der Waals surface area contributed by atoms with Gasteiger partial charge < -0.3 is 19.6 Å². The van der Waals surface area contributed by atoms with Crippen molar-refractivity contribution in [2.45, 2.75) is 19.4 Å². The number of nitrogens with zero attached hydrogens (tertiary/aromatic N) is 1. The zero-order chi connectivity index (χ0) is 15.7. The lowest BCUT2D eigenvalue weighted by Gasteiger charge is -2.22. The third kappa shape index (κ3) is 2.80. The summed E-state index contributed by atoms with van der Waals surface area (Å²) in [5.41, 5.74) is -0.0217. The molecule has 0 aliphatic carbocycles. The molecule has 1 atom stereocenters. The summed E-state index contributed by atoms with van der Waals surface area (Å²) in [6.45, 7) is 3.77. The minimum Gasteiger partial charge on any atom is -0.377 e. The fraction of sp³-hybridized carbons (Fsp3) is 0.400. The average molecular weight is 303 g/mol. The van der Waals surface area contributed by atoms with Crippen LogP contribution in [-0.2, 0) is 4.74 Å². The van der Waals surface area contributed by atoms with Gasteiger partial charge in [0, 0.05) is 25.3 Å². The van der Waals surface area contributed by atoms with E-state index in [0.717, 1.165) is 6.42 Å². The molecule has 2 N–H and O–H groups in total. The van der Waals surface area contributed by atoms with Crippen LogP contribution in [-0.4, -0.2) is 46.6 Å². The van der Waals surface area contributed by atoms with Crippen molar-refractivity contribution in [2.75, 3.05) is 19.7 Å². The van der Waals surface area contributed by atoms with Crippen LogP contribution in [0.25, 0.3) is 11.0 Å². The largest absolute Gasteiger partial charge is 0.377 e. The Morgan fingerprint density at radius 3 is 2.73 bits per heavy atom. The Morgan fingerprint density at radius 1 is 1.23 bits per heavy atom. The van der Waals surface area contributed by atoms with E-state index in [1.54, 1.807) is 23.1 Å². The number of hydrogen-bond donors (Lipinski definition) is 2. The standard InChI is InChI=1S/C15H17N3O4/c1-9-8-18(5-2-6-22-9)15(21)10-3-4-11-12(7-10)17-14(20)13(19)16-11/h3-4,7,9H,2,5-6,8H2,1H3,(H,16,19)(H,17,20)/t9-/m1/s1. The van der Waals surface area contributed by atoms with Gasteiger partial charge in [-0.1, -0.05) is 0 Å². The number of rotatable bonds is 1. The van der Waals surface area contributed by atoms with Crippen LogP contribution in [0.1, 0.15) is 23.7 Å². The van der Waals surface area contributed by atoms with Crippen LogP contribution < -0.4 is 11.1 Å². The summed E-state index contributed by atoms with van der Waals surface area (Å²) in [7, 11) is 0. The van der Waals surface area contributed by atoms with Crippen LogP contribution in [0, 0.1) is 0 Å². The van der Waals surface area contributed by atoms with Gasteiger partial charge in [-0.05, 0) is 31.5 Å². The van der Waals surface area contributed by atoms with Crippen LogP contribution in [0.2, 0.25) is 0 Å². The van der Waals surface area contributed by atoms with E-state index in [1.807, 2.05) is 6.92 Å². The number of fused-ring (bicyclic) bond motifs is 1. The maximum Gasteiger partial charge on any atom is 0.314 e. The van der Waals surface area contributed by atoms with Gasteiger partial charge >= 0.3 is 11.1 Å². The van der Waals surface area contributed by atoms with Gasteiger partial charge in [0.05, 0.1) is 17.1 Å². The van der Waals surface area contributed by atoms with E-state index >= 15 is 0 Å². The smallest absolute Gasteiger partial charge is 0.314 e. The monoisotopic (exact) mass is 303 g/mol. The van der Waals surface area contributed by atoms with E-state index in [-0.39, 0.29) is 12.0 Å². The zero-order valence-corrected chi connectivity index (χ0v) is 12.2. The van der Waals surface area contributed by atoms with Gasteiger partial charge in [0.25, 0.3) is 5.91 Å². The third-order valence-electron chi connectivity index (χ3n) is 3.71. The van der Waals surface area contributed by atoms with Gasteiger partial charge in [-0.3, -0.25) is 14.4 Å². The number of hydrogen-bond acceptors (Lipinski definition) is 4. The topological polar surface area (TPSA) is 95.3 Å². The molecular weight excluding hydrogens is 286 g/mol. The van der Waals surface area contributed by atoms with Crippen LogP contribution in [0.15, 0.2) is 27.8 Å². The van der Waals surface area contributed by atoms with E-state index < -0.39 is 11.1 Å². The lowest BCUT2D eigenvalue weighted by molar-refractivity contribution is 0.0563. The number of aromatic nitrogens is 2. The maximum absolute atomic E-state index is 12.6. The number of benzene rings is 1. The summed E-state index contributed by atoms with van der Waals surface area (Å²) in [4.78, 5) is 42.0. The van der Waals surface area contributed by atoms with E-state index in [2.05, 4.69) is 9.97 Å². The molecule has 7 heteroatoms. The van der Waals surface area contributed by atoms with Crippen molar-refractivity contribution < 1.29 is 9.53 Å². The van der Waals surface area contributed by atoms with Crippen molar-refractivity contribution >= 4 is 16.9 Å². The quantitative estimate of drug-likeness (QED) is 0.749. The molecule has 1 aromatic carbocycles. The number of ether oxygens (including phenoxy) is 1. The summed E-state index contributed by atoms with van der Waals surface area (Å²) in [5, 5.41) is 0. The number of H-pyrrole nitrogens is 2. The molecule has 116 valence electrons. The molecule has 1 aromatic heterocycles. The number of carbonyl (C=O) groups is 1. The minimum absolute atomic E-state index is 0.00284. The highest BCUT2D eigenvalue weighted by Crippen LogP contribution is 2.14. The molecule has 0 spiro atoms. The van der Waals surface area contributed by atoms with Crippen molar-refractivity contribution in [3.05, 3.63) is 44.5 Å². The second kappa shape index (κ2) is 5.76. The van der Waals surface area contributed by atoms with Crippen LogP contribution in [0.4, 0.5) is 0 Å². The van der Waals surface area contributed by atoms with Crippen molar-refractivity contribution in [1.82, 2.24) is 14.9 Å². The lowest BCUT2D eigenvalue weighted by atomic mass is 10.1.